The lowest BCUT2D eigenvalue weighted by molar-refractivity contribution is 1.33. The number of rotatable bonds is 3. The normalized spacial score (nSPS) is 11.4. The number of pyridine rings is 1. The molecule has 0 saturated heterocycles. The van der Waals surface area contributed by atoms with Crippen LogP contribution in [0.4, 0.5) is 11.6 Å². The summed E-state index contributed by atoms with van der Waals surface area (Å²) in [5, 5.41) is 0. The molecular weight excluding hydrogens is 270 g/mol. The number of anilines is 2. The molecule has 3 aromatic rings. The summed E-state index contributed by atoms with van der Waals surface area (Å²) in [7, 11) is 0. The molecule has 0 saturated carbocycles. The van der Waals surface area contributed by atoms with Crippen molar-refractivity contribution in [2.24, 2.45) is 0 Å². The van der Waals surface area contributed by atoms with Crippen molar-refractivity contribution in [3.05, 3.63) is 89.5 Å². The lowest BCUT2D eigenvalue weighted by atomic mass is 9.96. The van der Waals surface area contributed by atoms with Gasteiger partial charge in [0, 0.05) is 0 Å². The first-order chi connectivity index (χ1) is 10.7. The molecule has 0 amide bonds. The Morgan fingerprint density at radius 3 is 1.86 bits per heavy atom. The Balaban J connectivity index is 2.17. The summed E-state index contributed by atoms with van der Waals surface area (Å²) < 4.78 is 0. The van der Waals surface area contributed by atoms with Gasteiger partial charge in [-0.3, -0.25) is 0 Å². The van der Waals surface area contributed by atoms with Crippen LogP contribution in [0.2, 0.25) is 0 Å². The summed E-state index contributed by atoms with van der Waals surface area (Å²) in [6, 6.07) is 24.0. The molecule has 0 spiro atoms. The highest BCUT2D eigenvalue weighted by Crippen LogP contribution is 2.27. The maximum atomic E-state index is 5.85. The molecule has 4 N–H and O–H groups in total. The second-order valence-electron chi connectivity index (χ2n) is 5.04. The van der Waals surface area contributed by atoms with Crippen LogP contribution in [0.15, 0.2) is 72.8 Å². The molecule has 3 nitrogen and oxygen atoms in total. The van der Waals surface area contributed by atoms with Crippen LogP contribution in [0.1, 0.15) is 16.7 Å². The summed E-state index contributed by atoms with van der Waals surface area (Å²) in [5.41, 5.74) is 16.0. The number of benzene rings is 2. The molecule has 108 valence electrons. The standard InChI is InChI=1S/C19H17N3/c20-18-12-16(13-19(21)22-18)17(15-9-5-2-6-10-15)11-14-7-3-1-4-8-14/h1-13H,(H4,20,21,22)/b17-11+. The minimum absolute atomic E-state index is 0.421. The zero-order valence-corrected chi connectivity index (χ0v) is 12.1. The van der Waals surface area contributed by atoms with Gasteiger partial charge in [0.05, 0.1) is 0 Å². The second-order valence-corrected chi connectivity index (χ2v) is 5.04. The first-order valence-corrected chi connectivity index (χ1v) is 7.08. The number of hydrogen-bond donors (Lipinski definition) is 2. The molecule has 3 heteroatoms. The molecule has 0 fully saturated rings. The lowest BCUT2D eigenvalue weighted by Gasteiger charge is -2.10. The average molecular weight is 287 g/mol. The fraction of sp³-hybridized carbons (Fsp3) is 0. The van der Waals surface area contributed by atoms with Gasteiger partial charge < -0.3 is 11.5 Å². The van der Waals surface area contributed by atoms with Crippen molar-refractivity contribution in [2.45, 2.75) is 0 Å². The Hall–Kier alpha value is -3.07. The number of nitrogen functional groups attached to an aromatic ring is 2. The predicted molar refractivity (Wildman–Crippen MR) is 92.9 cm³/mol. The first-order valence-electron chi connectivity index (χ1n) is 7.08. The van der Waals surface area contributed by atoms with Crippen LogP contribution < -0.4 is 11.5 Å². The zero-order chi connectivity index (χ0) is 15.4. The summed E-state index contributed by atoms with van der Waals surface area (Å²) in [6.07, 6.45) is 2.13. The summed E-state index contributed by atoms with van der Waals surface area (Å²) in [6.45, 7) is 0. The highest BCUT2D eigenvalue weighted by Gasteiger charge is 2.07. The van der Waals surface area contributed by atoms with E-state index in [-0.39, 0.29) is 0 Å². The summed E-state index contributed by atoms with van der Waals surface area (Å²) in [4.78, 5) is 4.05. The molecule has 0 aliphatic heterocycles. The molecular formula is C19H17N3. The van der Waals surface area contributed by atoms with E-state index in [2.05, 4.69) is 35.3 Å². The van der Waals surface area contributed by atoms with Crippen molar-refractivity contribution >= 4 is 23.3 Å². The molecule has 0 atom stereocenters. The van der Waals surface area contributed by atoms with Gasteiger partial charge in [0.1, 0.15) is 11.6 Å². The first kappa shape index (κ1) is 13.9. The van der Waals surface area contributed by atoms with Crippen molar-refractivity contribution < 1.29 is 0 Å². The Bertz CT molecular complexity index is 773. The Morgan fingerprint density at radius 2 is 1.27 bits per heavy atom. The highest BCUT2D eigenvalue weighted by molar-refractivity contribution is 5.92. The van der Waals surface area contributed by atoms with E-state index < -0.39 is 0 Å². The van der Waals surface area contributed by atoms with Crippen LogP contribution in [-0.2, 0) is 0 Å². The van der Waals surface area contributed by atoms with Crippen molar-refractivity contribution in [1.29, 1.82) is 0 Å². The fourth-order valence-corrected chi connectivity index (χ4v) is 2.40. The van der Waals surface area contributed by atoms with Crippen LogP contribution in [0.25, 0.3) is 11.6 Å². The Morgan fingerprint density at radius 1 is 0.727 bits per heavy atom. The Labute approximate surface area is 129 Å². The van der Waals surface area contributed by atoms with Gasteiger partial charge in [0.25, 0.3) is 0 Å². The topological polar surface area (TPSA) is 64.9 Å². The largest absolute Gasteiger partial charge is 0.384 e. The number of nitrogens with zero attached hydrogens (tertiary/aromatic N) is 1. The molecule has 1 heterocycles. The molecule has 0 radical (unpaired) electrons. The predicted octanol–water partition coefficient (Wildman–Crippen LogP) is 3.83. The third-order valence-electron chi connectivity index (χ3n) is 3.37. The van der Waals surface area contributed by atoms with E-state index in [1.807, 2.05) is 48.5 Å². The second kappa shape index (κ2) is 6.14. The maximum absolute atomic E-state index is 5.85. The van der Waals surface area contributed by atoms with Gasteiger partial charge >= 0.3 is 0 Å². The highest BCUT2D eigenvalue weighted by atomic mass is 14.9. The van der Waals surface area contributed by atoms with Gasteiger partial charge in [-0.15, -0.1) is 0 Å². The molecule has 3 rings (SSSR count). The van der Waals surface area contributed by atoms with Gasteiger partial charge in [0.2, 0.25) is 0 Å². The average Bonchev–Trinajstić information content (AvgIpc) is 2.53. The zero-order valence-electron chi connectivity index (χ0n) is 12.1. The molecule has 0 aliphatic rings. The molecule has 0 unspecified atom stereocenters. The monoisotopic (exact) mass is 287 g/mol. The summed E-state index contributed by atoms with van der Waals surface area (Å²) in [5.74, 6) is 0.842. The van der Waals surface area contributed by atoms with Crippen molar-refractivity contribution in [3.8, 4) is 0 Å². The van der Waals surface area contributed by atoms with E-state index in [9.17, 15) is 0 Å². The van der Waals surface area contributed by atoms with Gasteiger partial charge in [-0.2, -0.15) is 0 Å². The number of hydrogen-bond acceptors (Lipinski definition) is 3. The van der Waals surface area contributed by atoms with Crippen LogP contribution >= 0.6 is 0 Å². The third-order valence-corrected chi connectivity index (χ3v) is 3.37. The van der Waals surface area contributed by atoms with Crippen LogP contribution in [0, 0.1) is 0 Å². The number of aromatic nitrogens is 1. The third kappa shape index (κ3) is 3.15. The minimum Gasteiger partial charge on any atom is -0.384 e. The van der Waals surface area contributed by atoms with Gasteiger partial charge in [-0.25, -0.2) is 4.98 Å². The van der Waals surface area contributed by atoms with E-state index in [1.165, 1.54) is 0 Å². The van der Waals surface area contributed by atoms with Crippen LogP contribution in [0.5, 0.6) is 0 Å². The smallest absolute Gasteiger partial charge is 0.126 e. The fourth-order valence-electron chi connectivity index (χ4n) is 2.40. The molecule has 0 bridgehead atoms. The van der Waals surface area contributed by atoms with E-state index in [1.54, 1.807) is 0 Å². The van der Waals surface area contributed by atoms with Gasteiger partial charge in [0.15, 0.2) is 0 Å². The van der Waals surface area contributed by atoms with Crippen LogP contribution in [0.3, 0.4) is 0 Å². The molecule has 22 heavy (non-hydrogen) atoms. The quantitative estimate of drug-likeness (QED) is 0.719. The van der Waals surface area contributed by atoms with Gasteiger partial charge in [-0.05, 0) is 40.5 Å². The number of nitrogens with two attached hydrogens (primary N) is 2. The van der Waals surface area contributed by atoms with E-state index in [0.717, 1.165) is 22.3 Å². The van der Waals surface area contributed by atoms with Crippen LogP contribution in [-0.4, -0.2) is 4.98 Å². The lowest BCUT2D eigenvalue weighted by Crippen LogP contribution is -1.99. The van der Waals surface area contributed by atoms with Crippen molar-refractivity contribution in [1.82, 2.24) is 4.98 Å². The van der Waals surface area contributed by atoms with Gasteiger partial charge in [-0.1, -0.05) is 60.7 Å². The maximum Gasteiger partial charge on any atom is 0.126 e. The van der Waals surface area contributed by atoms with Crippen molar-refractivity contribution in [2.75, 3.05) is 11.5 Å². The minimum atomic E-state index is 0.421. The molecule has 1 aromatic heterocycles. The Kier molecular flexibility index (Phi) is 3.88. The van der Waals surface area contributed by atoms with Crippen molar-refractivity contribution in [3.63, 3.8) is 0 Å². The van der Waals surface area contributed by atoms with E-state index >= 15 is 0 Å². The SMILES string of the molecule is Nc1cc(/C(=C/c2ccccc2)c2ccccc2)cc(N)n1. The van der Waals surface area contributed by atoms with E-state index in [0.29, 0.717) is 11.6 Å². The molecule has 0 aliphatic carbocycles. The molecule has 2 aromatic carbocycles. The summed E-state index contributed by atoms with van der Waals surface area (Å²) >= 11 is 0. The van der Waals surface area contributed by atoms with E-state index in [4.69, 9.17) is 11.5 Å².